The summed E-state index contributed by atoms with van der Waals surface area (Å²) in [5.41, 5.74) is 0. The first-order valence-corrected chi connectivity index (χ1v) is 4.86. The highest BCUT2D eigenvalue weighted by molar-refractivity contribution is 5.85. The van der Waals surface area contributed by atoms with Crippen LogP contribution in [0.4, 0.5) is 0 Å². The quantitative estimate of drug-likeness (QED) is 0.823. The molecule has 0 spiro atoms. The zero-order valence-electron chi connectivity index (χ0n) is 8.35. The third-order valence-corrected chi connectivity index (χ3v) is 2.33. The lowest BCUT2D eigenvalue weighted by Gasteiger charge is -2.11. The third kappa shape index (κ3) is 3.25. The smallest absolute Gasteiger partial charge is 0.256 e. The number of ether oxygens (including phenoxy) is 1. The second-order valence-electron chi connectivity index (χ2n) is 3.43. The van der Waals surface area contributed by atoms with Crippen molar-refractivity contribution in [3.05, 3.63) is 18.3 Å². The molecule has 0 aromatic carbocycles. The van der Waals surface area contributed by atoms with Crippen molar-refractivity contribution in [3.63, 3.8) is 0 Å². The van der Waals surface area contributed by atoms with Crippen LogP contribution in [0.25, 0.3) is 0 Å². The lowest BCUT2D eigenvalue weighted by atomic mass is 10.2. The SMILES string of the molecule is Cl.Oc1cccnc1OCC1CCCN1. The molecular weight excluding hydrogens is 216 g/mol. The van der Waals surface area contributed by atoms with Gasteiger partial charge in [0.1, 0.15) is 6.61 Å². The lowest BCUT2D eigenvalue weighted by Crippen LogP contribution is -2.28. The Labute approximate surface area is 95.1 Å². The normalized spacial score (nSPS) is 19.6. The van der Waals surface area contributed by atoms with Crippen LogP contribution in [0, 0.1) is 0 Å². The Bertz CT molecular complexity index is 303. The molecule has 1 aliphatic heterocycles. The van der Waals surface area contributed by atoms with Crippen LogP contribution in [0.5, 0.6) is 11.6 Å². The van der Waals surface area contributed by atoms with Crippen LogP contribution < -0.4 is 10.1 Å². The van der Waals surface area contributed by atoms with Crippen LogP contribution in [-0.2, 0) is 0 Å². The summed E-state index contributed by atoms with van der Waals surface area (Å²) in [5, 5.41) is 12.7. The molecule has 0 aliphatic carbocycles. The molecule has 1 aromatic rings. The van der Waals surface area contributed by atoms with Crippen molar-refractivity contribution < 1.29 is 9.84 Å². The minimum atomic E-state index is 0. The van der Waals surface area contributed by atoms with Gasteiger partial charge in [-0.25, -0.2) is 4.98 Å². The van der Waals surface area contributed by atoms with Gasteiger partial charge < -0.3 is 15.2 Å². The number of pyridine rings is 1. The van der Waals surface area contributed by atoms with Gasteiger partial charge in [-0.05, 0) is 31.5 Å². The summed E-state index contributed by atoms with van der Waals surface area (Å²) in [5.74, 6) is 0.423. The molecule has 5 heteroatoms. The maximum absolute atomic E-state index is 9.38. The number of rotatable bonds is 3. The summed E-state index contributed by atoms with van der Waals surface area (Å²) in [4.78, 5) is 3.94. The Morgan fingerprint density at radius 1 is 1.60 bits per heavy atom. The average Bonchev–Trinajstić information content (AvgIpc) is 2.69. The topological polar surface area (TPSA) is 54.4 Å². The summed E-state index contributed by atoms with van der Waals surface area (Å²) < 4.78 is 5.40. The highest BCUT2D eigenvalue weighted by Crippen LogP contribution is 2.21. The van der Waals surface area contributed by atoms with Crippen LogP contribution in [-0.4, -0.2) is 29.3 Å². The Kier molecular flexibility index (Phi) is 4.65. The van der Waals surface area contributed by atoms with E-state index in [0.717, 1.165) is 13.0 Å². The van der Waals surface area contributed by atoms with Crippen molar-refractivity contribution in [2.24, 2.45) is 0 Å². The standard InChI is InChI=1S/C10H14N2O2.ClH/c13-9-4-2-6-12-10(9)14-7-8-3-1-5-11-8;/h2,4,6,8,11,13H,1,3,5,7H2;1H. The van der Waals surface area contributed by atoms with Crippen molar-refractivity contribution in [2.45, 2.75) is 18.9 Å². The molecule has 2 N–H and O–H groups in total. The zero-order chi connectivity index (χ0) is 9.80. The summed E-state index contributed by atoms with van der Waals surface area (Å²) in [6, 6.07) is 3.65. The lowest BCUT2D eigenvalue weighted by molar-refractivity contribution is 0.255. The Hall–Kier alpha value is -1.00. The van der Waals surface area contributed by atoms with Crippen molar-refractivity contribution in [2.75, 3.05) is 13.2 Å². The number of hydrogen-bond donors (Lipinski definition) is 2. The van der Waals surface area contributed by atoms with E-state index in [1.807, 2.05) is 0 Å². The summed E-state index contributed by atoms with van der Waals surface area (Å²) >= 11 is 0. The first-order chi connectivity index (χ1) is 6.86. The van der Waals surface area contributed by atoms with Gasteiger partial charge in [-0.2, -0.15) is 0 Å². The number of nitrogens with one attached hydrogen (secondary N) is 1. The number of halogens is 1. The van der Waals surface area contributed by atoms with Gasteiger partial charge in [0, 0.05) is 12.2 Å². The van der Waals surface area contributed by atoms with Crippen LogP contribution >= 0.6 is 12.4 Å². The summed E-state index contributed by atoms with van der Waals surface area (Å²) in [6.07, 6.45) is 3.94. The zero-order valence-corrected chi connectivity index (χ0v) is 9.17. The summed E-state index contributed by atoms with van der Waals surface area (Å²) in [7, 11) is 0. The third-order valence-electron chi connectivity index (χ3n) is 2.33. The molecule has 1 aliphatic rings. The fourth-order valence-electron chi connectivity index (χ4n) is 1.57. The van der Waals surface area contributed by atoms with Gasteiger partial charge >= 0.3 is 0 Å². The van der Waals surface area contributed by atoms with Crippen molar-refractivity contribution >= 4 is 12.4 Å². The number of nitrogens with zero attached hydrogens (tertiary/aromatic N) is 1. The van der Waals surface area contributed by atoms with Gasteiger partial charge in [-0.3, -0.25) is 0 Å². The van der Waals surface area contributed by atoms with Gasteiger partial charge in [0.2, 0.25) is 0 Å². The van der Waals surface area contributed by atoms with Crippen molar-refractivity contribution in [3.8, 4) is 11.6 Å². The number of aromatic nitrogens is 1. The van der Waals surface area contributed by atoms with E-state index in [0.29, 0.717) is 18.5 Å². The predicted molar refractivity (Wildman–Crippen MR) is 59.7 cm³/mol. The number of hydrogen-bond acceptors (Lipinski definition) is 4. The fourth-order valence-corrected chi connectivity index (χ4v) is 1.57. The molecule has 84 valence electrons. The largest absolute Gasteiger partial charge is 0.503 e. The summed E-state index contributed by atoms with van der Waals surface area (Å²) in [6.45, 7) is 1.63. The monoisotopic (exact) mass is 230 g/mol. The van der Waals surface area contributed by atoms with Crippen molar-refractivity contribution in [1.82, 2.24) is 10.3 Å². The van der Waals surface area contributed by atoms with Crippen LogP contribution in [0.15, 0.2) is 18.3 Å². The van der Waals surface area contributed by atoms with Crippen LogP contribution in [0.1, 0.15) is 12.8 Å². The van der Waals surface area contributed by atoms with Gasteiger partial charge in [0.15, 0.2) is 5.75 Å². The Balaban J connectivity index is 0.00000112. The Morgan fingerprint density at radius 2 is 2.47 bits per heavy atom. The molecule has 0 amide bonds. The van der Waals surface area contributed by atoms with E-state index in [4.69, 9.17) is 4.74 Å². The van der Waals surface area contributed by atoms with E-state index in [1.165, 1.54) is 6.42 Å². The predicted octanol–water partition coefficient (Wildman–Crippen LogP) is 1.34. The second kappa shape index (κ2) is 5.78. The van der Waals surface area contributed by atoms with Gasteiger partial charge in [-0.1, -0.05) is 0 Å². The fraction of sp³-hybridized carbons (Fsp3) is 0.500. The van der Waals surface area contributed by atoms with E-state index in [1.54, 1.807) is 18.3 Å². The second-order valence-corrected chi connectivity index (χ2v) is 3.43. The first kappa shape index (κ1) is 12.1. The minimum absolute atomic E-state index is 0. The Morgan fingerprint density at radius 3 is 3.13 bits per heavy atom. The van der Waals surface area contributed by atoms with E-state index in [2.05, 4.69) is 10.3 Å². The molecule has 0 bridgehead atoms. The molecule has 1 saturated heterocycles. The molecule has 2 heterocycles. The maximum atomic E-state index is 9.38. The molecule has 0 saturated carbocycles. The molecular formula is C10H15ClN2O2. The van der Waals surface area contributed by atoms with Crippen LogP contribution in [0.3, 0.4) is 0 Å². The minimum Gasteiger partial charge on any atom is -0.503 e. The molecule has 1 unspecified atom stereocenters. The highest BCUT2D eigenvalue weighted by Gasteiger charge is 2.15. The van der Waals surface area contributed by atoms with E-state index < -0.39 is 0 Å². The van der Waals surface area contributed by atoms with Crippen molar-refractivity contribution in [1.29, 1.82) is 0 Å². The molecule has 15 heavy (non-hydrogen) atoms. The molecule has 4 nitrogen and oxygen atoms in total. The molecule has 1 aromatic heterocycles. The first-order valence-electron chi connectivity index (χ1n) is 4.86. The number of aromatic hydroxyl groups is 1. The maximum Gasteiger partial charge on any atom is 0.256 e. The van der Waals surface area contributed by atoms with Gasteiger partial charge in [0.25, 0.3) is 5.88 Å². The van der Waals surface area contributed by atoms with Gasteiger partial charge in [-0.15, -0.1) is 12.4 Å². The highest BCUT2D eigenvalue weighted by atomic mass is 35.5. The van der Waals surface area contributed by atoms with E-state index in [9.17, 15) is 5.11 Å². The molecule has 1 atom stereocenters. The molecule has 1 fully saturated rings. The molecule has 0 radical (unpaired) electrons. The van der Waals surface area contributed by atoms with Gasteiger partial charge in [0.05, 0.1) is 0 Å². The van der Waals surface area contributed by atoms with E-state index >= 15 is 0 Å². The van der Waals surface area contributed by atoms with E-state index in [-0.39, 0.29) is 18.2 Å². The van der Waals surface area contributed by atoms with Crippen LogP contribution in [0.2, 0.25) is 0 Å². The molecule has 2 rings (SSSR count). The average molecular weight is 231 g/mol.